The number of hydrogen-bond acceptors (Lipinski definition) is 0. The third kappa shape index (κ3) is 4.73. The summed E-state index contributed by atoms with van der Waals surface area (Å²) in [5.74, 6) is 4.46. The predicted molar refractivity (Wildman–Crippen MR) is 92.4 cm³/mol. The Morgan fingerprint density at radius 1 is 0.524 bits per heavy atom. The Bertz CT molecular complexity index is 246. The quantitative estimate of drug-likeness (QED) is 0.505. The average Bonchev–Trinajstić information content (AvgIpc) is 2.58. The first-order chi connectivity index (χ1) is 10.4. The first kappa shape index (κ1) is 15.9. The monoisotopic (exact) mass is 290 g/mol. The minimum absolute atomic E-state index is 1.11. The molecule has 0 heteroatoms. The largest absolute Gasteiger partial charge is 0.0533 e. The summed E-state index contributed by atoms with van der Waals surface area (Å²) >= 11 is 0. The van der Waals surface area contributed by atoms with Crippen LogP contribution in [0.5, 0.6) is 0 Å². The van der Waals surface area contributed by atoms with Crippen LogP contribution in [-0.2, 0) is 0 Å². The van der Waals surface area contributed by atoms with Crippen molar-refractivity contribution >= 4 is 0 Å². The van der Waals surface area contributed by atoms with Crippen molar-refractivity contribution in [3.63, 3.8) is 0 Å². The van der Waals surface area contributed by atoms with Crippen molar-refractivity contribution < 1.29 is 0 Å². The van der Waals surface area contributed by atoms with Crippen LogP contribution in [0.1, 0.15) is 109 Å². The molecule has 0 aromatic carbocycles. The van der Waals surface area contributed by atoms with Crippen LogP contribution >= 0.6 is 0 Å². The smallest absolute Gasteiger partial charge is 0.0357 e. The summed E-state index contributed by atoms with van der Waals surface area (Å²) in [7, 11) is 0. The Morgan fingerprint density at radius 2 is 0.952 bits per heavy atom. The van der Waals surface area contributed by atoms with E-state index in [1.807, 2.05) is 0 Å². The normalized spacial score (nSPS) is 27.3. The third-order valence-corrected chi connectivity index (χ3v) is 7.14. The highest BCUT2D eigenvalue weighted by atomic mass is 14.4. The fourth-order valence-electron chi connectivity index (χ4n) is 5.88. The Labute approximate surface area is 133 Å². The van der Waals surface area contributed by atoms with Crippen LogP contribution in [0.25, 0.3) is 0 Å². The fraction of sp³-hybridized carbons (Fsp3) is 1.00. The van der Waals surface area contributed by atoms with Gasteiger partial charge in [-0.3, -0.25) is 0 Å². The van der Waals surface area contributed by atoms with Gasteiger partial charge in [-0.05, 0) is 30.1 Å². The van der Waals surface area contributed by atoms with Crippen molar-refractivity contribution in [3.8, 4) is 0 Å². The fourth-order valence-corrected chi connectivity index (χ4v) is 5.88. The van der Waals surface area contributed by atoms with E-state index in [4.69, 9.17) is 0 Å². The van der Waals surface area contributed by atoms with Crippen molar-refractivity contribution in [3.05, 3.63) is 0 Å². The molecule has 0 bridgehead atoms. The van der Waals surface area contributed by atoms with Gasteiger partial charge in [0, 0.05) is 0 Å². The standard InChI is InChI=1S/C21H38/c1-4-10-18(11-5-1)16-17-21(19-12-6-2-7-13-19)20-14-8-3-9-15-20/h18-21H,1-17H2. The molecule has 0 aromatic rings. The molecule has 21 heavy (non-hydrogen) atoms. The van der Waals surface area contributed by atoms with Gasteiger partial charge >= 0.3 is 0 Å². The zero-order valence-electron chi connectivity index (χ0n) is 14.3. The molecular weight excluding hydrogens is 252 g/mol. The van der Waals surface area contributed by atoms with E-state index >= 15 is 0 Å². The first-order valence-electron chi connectivity index (χ1n) is 10.4. The summed E-state index contributed by atoms with van der Waals surface area (Å²) < 4.78 is 0. The van der Waals surface area contributed by atoms with Gasteiger partial charge in [0.1, 0.15) is 0 Å². The summed E-state index contributed by atoms with van der Waals surface area (Å²) in [6, 6.07) is 0. The van der Waals surface area contributed by atoms with Crippen molar-refractivity contribution in [2.75, 3.05) is 0 Å². The van der Waals surface area contributed by atoms with E-state index in [1.54, 1.807) is 51.4 Å². The lowest BCUT2D eigenvalue weighted by Gasteiger charge is -2.39. The van der Waals surface area contributed by atoms with Gasteiger partial charge in [-0.1, -0.05) is 103 Å². The minimum Gasteiger partial charge on any atom is -0.0533 e. The number of hydrogen-bond donors (Lipinski definition) is 0. The van der Waals surface area contributed by atoms with E-state index in [9.17, 15) is 0 Å². The summed E-state index contributed by atoms with van der Waals surface area (Å²) in [5, 5.41) is 0. The molecule has 3 saturated carbocycles. The lowest BCUT2D eigenvalue weighted by Crippen LogP contribution is -2.28. The second-order valence-corrected chi connectivity index (χ2v) is 8.54. The summed E-state index contributed by atoms with van der Waals surface area (Å²) in [4.78, 5) is 0. The highest BCUT2D eigenvalue weighted by molar-refractivity contribution is 4.82. The highest BCUT2D eigenvalue weighted by Crippen LogP contribution is 2.43. The molecule has 0 nitrogen and oxygen atoms in total. The van der Waals surface area contributed by atoms with Crippen LogP contribution in [0, 0.1) is 23.7 Å². The Hall–Kier alpha value is 0. The van der Waals surface area contributed by atoms with Crippen molar-refractivity contribution in [2.24, 2.45) is 23.7 Å². The van der Waals surface area contributed by atoms with E-state index in [-0.39, 0.29) is 0 Å². The van der Waals surface area contributed by atoms with Crippen LogP contribution < -0.4 is 0 Å². The summed E-state index contributed by atoms with van der Waals surface area (Å²) in [6.45, 7) is 0. The van der Waals surface area contributed by atoms with Gasteiger partial charge < -0.3 is 0 Å². The molecule has 0 atom stereocenters. The van der Waals surface area contributed by atoms with E-state index in [1.165, 1.54) is 57.8 Å². The predicted octanol–water partition coefficient (Wildman–Crippen LogP) is 7.12. The van der Waals surface area contributed by atoms with Gasteiger partial charge in [0.15, 0.2) is 0 Å². The Balaban J connectivity index is 1.54. The molecule has 3 fully saturated rings. The van der Waals surface area contributed by atoms with Crippen LogP contribution in [0.15, 0.2) is 0 Å². The molecule has 122 valence electrons. The molecule has 3 rings (SSSR count). The van der Waals surface area contributed by atoms with Gasteiger partial charge in [0.2, 0.25) is 0 Å². The molecule has 0 radical (unpaired) electrons. The molecule has 3 aliphatic rings. The molecule has 0 heterocycles. The third-order valence-electron chi connectivity index (χ3n) is 7.14. The summed E-state index contributed by atoms with van der Waals surface area (Å²) in [5.41, 5.74) is 0. The number of rotatable bonds is 5. The van der Waals surface area contributed by atoms with E-state index < -0.39 is 0 Å². The second-order valence-electron chi connectivity index (χ2n) is 8.54. The molecule has 0 amide bonds. The molecule has 0 aromatic heterocycles. The zero-order valence-corrected chi connectivity index (χ0v) is 14.3. The molecule has 3 aliphatic carbocycles. The Kier molecular flexibility index (Phi) is 6.49. The maximum Gasteiger partial charge on any atom is -0.0357 e. The van der Waals surface area contributed by atoms with Gasteiger partial charge in [0.25, 0.3) is 0 Å². The van der Waals surface area contributed by atoms with Crippen molar-refractivity contribution in [2.45, 2.75) is 109 Å². The van der Waals surface area contributed by atoms with Crippen molar-refractivity contribution in [1.82, 2.24) is 0 Å². The van der Waals surface area contributed by atoms with E-state index in [0.29, 0.717) is 0 Å². The molecule has 0 aliphatic heterocycles. The SMILES string of the molecule is C1CCC(CCC(C2CCCCC2)C2CCCCC2)CC1. The first-order valence-corrected chi connectivity index (χ1v) is 10.4. The van der Waals surface area contributed by atoms with Crippen LogP contribution in [0.4, 0.5) is 0 Å². The zero-order chi connectivity index (χ0) is 14.3. The lowest BCUT2D eigenvalue weighted by atomic mass is 9.67. The van der Waals surface area contributed by atoms with Gasteiger partial charge in [0.05, 0.1) is 0 Å². The van der Waals surface area contributed by atoms with Gasteiger partial charge in [-0.15, -0.1) is 0 Å². The van der Waals surface area contributed by atoms with Crippen LogP contribution in [-0.4, -0.2) is 0 Å². The van der Waals surface area contributed by atoms with Gasteiger partial charge in [-0.25, -0.2) is 0 Å². The average molecular weight is 291 g/mol. The molecular formula is C21H38. The van der Waals surface area contributed by atoms with E-state index in [2.05, 4.69) is 0 Å². The van der Waals surface area contributed by atoms with Crippen LogP contribution in [0.3, 0.4) is 0 Å². The second kappa shape index (κ2) is 8.59. The molecule has 0 spiro atoms. The highest BCUT2D eigenvalue weighted by Gasteiger charge is 2.31. The molecule has 0 N–H and O–H groups in total. The van der Waals surface area contributed by atoms with Crippen LogP contribution in [0.2, 0.25) is 0 Å². The molecule has 0 unspecified atom stereocenters. The van der Waals surface area contributed by atoms with Crippen molar-refractivity contribution in [1.29, 1.82) is 0 Å². The topological polar surface area (TPSA) is 0 Å². The minimum atomic E-state index is 1.11. The maximum atomic E-state index is 1.60. The van der Waals surface area contributed by atoms with Gasteiger partial charge in [-0.2, -0.15) is 0 Å². The van der Waals surface area contributed by atoms with E-state index in [0.717, 1.165) is 23.7 Å². The maximum absolute atomic E-state index is 1.60. The molecule has 0 saturated heterocycles. The lowest BCUT2D eigenvalue weighted by molar-refractivity contribution is 0.123. The summed E-state index contributed by atoms with van der Waals surface area (Å²) in [6.07, 6.45) is 26.4. The Morgan fingerprint density at radius 3 is 1.43 bits per heavy atom.